The number of amides is 1. The van der Waals surface area contributed by atoms with Crippen molar-refractivity contribution in [3.05, 3.63) is 16.1 Å². The molecule has 5 nitrogen and oxygen atoms in total. The van der Waals surface area contributed by atoms with E-state index in [2.05, 4.69) is 16.8 Å². The number of hydrogen-bond acceptors (Lipinski definition) is 5. The fraction of sp³-hybridized carbons (Fsp3) is 0.733. The summed E-state index contributed by atoms with van der Waals surface area (Å²) in [6.45, 7) is 5.77. The van der Waals surface area contributed by atoms with Gasteiger partial charge in [-0.25, -0.2) is 4.98 Å². The van der Waals surface area contributed by atoms with Crippen molar-refractivity contribution in [2.45, 2.75) is 44.7 Å². The second kappa shape index (κ2) is 6.42. The molecule has 0 aliphatic carbocycles. The van der Waals surface area contributed by atoms with Crippen molar-refractivity contribution in [1.29, 1.82) is 0 Å². The van der Waals surface area contributed by atoms with Crippen LogP contribution in [0.5, 0.6) is 0 Å². The van der Waals surface area contributed by atoms with Crippen molar-refractivity contribution in [3.8, 4) is 0 Å². The lowest BCUT2D eigenvalue weighted by atomic mass is 9.97. The minimum Gasteiger partial charge on any atom is -0.332 e. The number of hydrogen-bond donors (Lipinski definition) is 1. The Kier molecular flexibility index (Phi) is 4.57. The number of carbonyl (C=O) groups excluding carboxylic acids is 1. The smallest absolute Gasteiger partial charge is 0.273 e. The maximum atomic E-state index is 12.7. The fourth-order valence-corrected chi connectivity index (χ4v) is 4.22. The van der Waals surface area contributed by atoms with Crippen molar-refractivity contribution < 1.29 is 4.79 Å². The fourth-order valence-electron chi connectivity index (χ4n) is 3.43. The van der Waals surface area contributed by atoms with Gasteiger partial charge in [0.25, 0.3) is 5.91 Å². The van der Waals surface area contributed by atoms with Gasteiger partial charge >= 0.3 is 0 Å². The summed E-state index contributed by atoms with van der Waals surface area (Å²) in [6, 6.07) is 0.813. The van der Waals surface area contributed by atoms with Crippen LogP contribution in [-0.2, 0) is 6.42 Å². The third kappa shape index (κ3) is 3.12. The molecule has 1 aromatic heterocycles. The van der Waals surface area contributed by atoms with Crippen molar-refractivity contribution in [2.24, 2.45) is 5.73 Å². The van der Waals surface area contributed by atoms with E-state index in [1.807, 2.05) is 10.3 Å². The highest BCUT2D eigenvalue weighted by Gasteiger charge is 2.36. The molecule has 3 heterocycles. The molecule has 3 rings (SSSR count). The van der Waals surface area contributed by atoms with Gasteiger partial charge in [-0.3, -0.25) is 9.69 Å². The molecule has 0 saturated carbocycles. The second-order valence-electron chi connectivity index (χ2n) is 6.12. The van der Waals surface area contributed by atoms with Gasteiger partial charge in [-0.05, 0) is 32.9 Å². The lowest BCUT2D eigenvalue weighted by molar-refractivity contribution is 0.0148. The van der Waals surface area contributed by atoms with Crippen LogP contribution < -0.4 is 5.73 Å². The Morgan fingerprint density at radius 3 is 3.14 bits per heavy atom. The predicted molar refractivity (Wildman–Crippen MR) is 84.6 cm³/mol. The molecule has 2 aliphatic heterocycles. The lowest BCUT2D eigenvalue weighted by Gasteiger charge is -2.47. The van der Waals surface area contributed by atoms with Gasteiger partial charge in [0, 0.05) is 37.0 Å². The van der Waals surface area contributed by atoms with E-state index in [0.29, 0.717) is 18.3 Å². The summed E-state index contributed by atoms with van der Waals surface area (Å²) in [7, 11) is 0. The number of piperazine rings is 1. The molecule has 2 aliphatic rings. The molecule has 0 aromatic carbocycles. The van der Waals surface area contributed by atoms with Crippen molar-refractivity contribution in [3.63, 3.8) is 0 Å². The Morgan fingerprint density at radius 2 is 2.33 bits per heavy atom. The molecule has 1 amide bonds. The Hall–Kier alpha value is -0.980. The van der Waals surface area contributed by atoms with Gasteiger partial charge in [-0.15, -0.1) is 11.3 Å². The number of thiazole rings is 1. The third-order valence-electron chi connectivity index (χ3n) is 4.58. The summed E-state index contributed by atoms with van der Waals surface area (Å²) in [5.41, 5.74) is 6.15. The minimum atomic E-state index is 0.0900. The van der Waals surface area contributed by atoms with Crippen LogP contribution in [0.3, 0.4) is 0 Å². The van der Waals surface area contributed by atoms with Crippen LogP contribution in [-0.4, -0.2) is 59.0 Å². The highest BCUT2D eigenvalue weighted by molar-refractivity contribution is 7.09. The number of fused-ring (bicyclic) bond motifs is 1. The number of aromatic nitrogens is 1. The molecular formula is C15H24N4OS. The third-order valence-corrected chi connectivity index (χ3v) is 5.49. The van der Waals surface area contributed by atoms with E-state index in [-0.39, 0.29) is 11.9 Å². The molecule has 116 valence electrons. The molecular weight excluding hydrogens is 284 g/mol. The number of carbonyl (C=O) groups is 1. The highest BCUT2D eigenvalue weighted by atomic mass is 32.1. The van der Waals surface area contributed by atoms with E-state index in [1.54, 1.807) is 11.3 Å². The molecule has 1 aromatic rings. The van der Waals surface area contributed by atoms with E-state index >= 15 is 0 Å². The van der Waals surface area contributed by atoms with Crippen LogP contribution in [0.2, 0.25) is 0 Å². The largest absolute Gasteiger partial charge is 0.332 e. The monoisotopic (exact) mass is 308 g/mol. The molecule has 6 heteroatoms. The summed E-state index contributed by atoms with van der Waals surface area (Å²) in [4.78, 5) is 21.7. The summed E-state index contributed by atoms with van der Waals surface area (Å²) in [5, 5.41) is 2.85. The number of nitrogens with zero attached hydrogens (tertiary/aromatic N) is 3. The van der Waals surface area contributed by atoms with Gasteiger partial charge in [0.15, 0.2) is 0 Å². The summed E-state index contributed by atoms with van der Waals surface area (Å²) in [5.74, 6) is 0.0900. The molecule has 2 N–H and O–H groups in total. The van der Waals surface area contributed by atoms with Crippen LogP contribution in [0.25, 0.3) is 0 Å². The van der Waals surface area contributed by atoms with Crippen LogP contribution in [0, 0.1) is 0 Å². The Labute approximate surface area is 130 Å². The van der Waals surface area contributed by atoms with E-state index in [4.69, 9.17) is 5.73 Å². The molecule has 0 bridgehead atoms. The van der Waals surface area contributed by atoms with Gasteiger partial charge in [-0.1, -0.05) is 6.42 Å². The maximum absolute atomic E-state index is 12.7. The first-order chi connectivity index (χ1) is 10.2. The van der Waals surface area contributed by atoms with E-state index in [0.717, 1.165) is 24.5 Å². The van der Waals surface area contributed by atoms with Gasteiger partial charge in [0.1, 0.15) is 5.69 Å². The van der Waals surface area contributed by atoms with Crippen LogP contribution in [0.15, 0.2) is 5.38 Å². The summed E-state index contributed by atoms with van der Waals surface area (Å²) < 4.78 is 0. The molecule has 21 heavy (non-hydrogen) atoms. The lowest BCUT2D eigenvalue weighted by Crippen LogP contribution is -2.60. The van der Waals surface area contributed by atoms with Crippen LogP contribution >= 0.6 is 11.3 Å². The highest BCUT2D eigenvalue weighted by Crippen LogP contribution is 2.25. The number of piperidine rings is 1. The molecule has 2 unspecified atom stereocenters. The maximum Gasteiger partial charge on any atom is 0.273 e. The van der Waals surface area contributed by atoms with Crippen LogP contribution in [0.1, 0.15) is 41.7 Å². The topological polar surface area (TPSA) is 62.5 Å². The predicted octanol–water partition coefficient (Wildman–Crippen LogP) is 1.34. The first-order valence-electron chi connectivity index (χ1n) is 7.88. The van der Waals surface area contributed by atoms with Gasteiger partial charge in [-0.2, -0.15) is 0 Å². The van der Waals surface area contributed by atoms with E-state index in [9.17, 15) is 4.79 Å². The average Bonchev–Trinajstić information content (AvgIpc) is 2.95. The van der Waals surface area contributed by atoms with Crippen LogP contribution in [0.4, 0.5) is 0 Å². The SMILES string of the molecule is CC1CN2CCCCC2CN1C(=O)c1csc(CCN)n1. The van der Waals surface area contributed by atoms with Gasteiger partial charge in [0.2, 0.25) is 0 Å². The van der Waals surface area contributed by atoms with E-state index < -0.39 is 0 Å². The normalized spacial score (nSPS) is 26.7. The Balaban J connectivity index is 1.70. The van der Waals surface area contributed by atoms with Gasteiger partial charge < -0.3 is 10.6 Å². The van der Waals surface area contributed by atoms with Crippen molar-refractivity contribution >= 4 is 17.2 Å². The van der Waals surface area contributed by atoms with Crippen molar-refractivity contribution in [1.82, 2.24) is 14.8 Å². The zero-order valence-corrected chi connectivity index (χ0v) is 13.4. The number of nitrogens with two attached hydrogens (primary N) is 1. The van der Waals surface area contributed by atoms with E-state index in [1.165, 1.54) is 25.8 Å². The summed E-state index contributed by atoms with van der Waals surface area (Å²) >= 11 is 1.54. The first kappa shape index (κ1) is 14.9. The number of rotatable bonds is 3. The molecule has 2 saturated heterocycles. The zero-order chi connectivity index (χ0) is 14.8. The first-order valence-corrected chi connectivity index (χ1v) is 8.76. The molecule has 2 atom stereocenters. The molecule has 2 fully saturated rings. The molecule has 0 radical (unpaired) electrons. The minimum absolute atomic E-state index is 0.0900. The molecule has 0 spiro atoms. The quantitative estimate of drug-likeness (QED) is 0.915. The van der Waals surface area contributed by atoms with Crippen molar-refractivity contribution in [2.75, 3.05) is 26.2 Å². The summed E-state index contributed by atoms with van der Waals surface area (Å²) in [6.07, 6.45) is 4.55. The average molecular weight is 308 g/mol. The Morgan fingerprint density at radius 1 is 1.48 bits per heavy atom. The Bertz CT molecular complexity index is 504. The second-order valence-corrected chi connectivity index (χ2v) is 7.06. The standard InChI is InChI=1S/C15H24N4OS/c1-11-8-18-7-3-2-4-12(18)9-19(11)15(20)13-10-21-14(17-13)5-6-16/h10-12H,2-9,16H2,1H3. The zero-order valence-electron chi connectivity index (χ0n) is 12.6. The van der Waals surface area contributed by atoms with Gasteiger partial charge in [0.05, 0.1) is 5.01 Å².